The van der Waals surface area contributed by atoms with Crippen molar-refractivity contribution >= 4 is 11.8 Å². The van der Waals surface area contributed by atoms with E-state index in [0.717, 1.165) is 31.5 Å². The van der Waals surface area contributed by atoms with Gasteiger partial charge in [-0.25, -0.2) is 0 Å². The monoisotopic (exact) mass is 290 g/mol. The van der Waals surface area contributed by atoms with E-state index < -0.39 is 0 Å². The van der Waals surface area contributed by atoms with Crippen molar-refractivity contribution in [1.82, 2.24) is 10.2 Å². The lowest BCUT2D eigenvalue weighted by Gasteiger charge is -2.26. The van der Waals surface area contributed by atoms with Gasteiger partial charge in [0.05, 0.1) is 6.54 Å². The highest BCUT2D eigenvalue weighted by molar-refractivity contribution is 5.85. The van der Waals surface area contributed by atoms with E-state index in [0.29, 0.717) is 5.75 Å². The normalized spacial score (nSPS) is 14.6. The van der Waals surface area contributed by atoms with Crippen LogP contribution in [0.5, 0.6) is 5.75 Å². The van der Waals surface area contributed by atoms with Crippen LogP contribution in [0.4, 0.5) is 0 Å². The molecule has 0 aromatic heterocycles. The Morgan fingerprint density at radius 1 is 1.19 bits per heavy atom. The lowest BCUT2D eigenvalue weighted by atomic mass is 10.1. The third-order valence-electron chi connectivity index (χ3n) is 3.60. The van der Waals surface area contributed by atoms with Crippen LogP contribution in [0.1, 0.15) is 24.8 Å². The highest BCUT2D eigenvalue weighted by atomic mass is 16.5. The van der Waals surface area contributed by atoms with Gasteiger partial charge >= 0.3 is 0 Å². The van der Waals surface area contributed by atoms with Crippen molar-refractivity contribution in [3.8, 4) is 5.75 Å². The van der Waals surface area contributed by atoms with Gasteiger partial charge in [-0.3, -0.25) is 9.59 Å². The van der Waals surface area contributed by atoms with E-state index in [1.807, 2.05) is 36.1 Å². The fourth-order valence-corrected chi connectivity index (χ4v) is 2.34. The average Bonchev–Trinajstić information content (AvgIpc) is 2.52. The van der Waals surface area contributed by atoms with E-state index in [2.05, 4.69) is 5.32 Å². The maximum Gasteiger partial charge on any atom is 0.258 e. The van der Waals surface area contributed by atoms with Crippen LogP contribution in [0.15, 0.2) is 24.3 Å². The fraction of sp³-hybridized carbons (Fsp3) is 0.500. The summed E-state index contributed by atoms with van der Waals surface area (Å²) in [5.74, 6) is 0.401. The Hall–Kier alpha value is -2.04. The van der Waals surface area contributed by atoms with Crippen LogP contribution < -0.4 is 10.1 Å². The molecule has 1 aliphatic rings. The molecule has 21 heavy (non-hydrogen) atoms. The van der Waals surface area contributed by atoms with Gasteiger partial charge in [-0.2, -0.15) is 0 Å². The molecular weight excluding hydrogens is 268 g/mol. The van der Waals surface area contributed by atoms with Gasteiger partial charge < -0.3 is 15.0 Å². The standard InChI is InChI=1S/C16H22N2O3/c1-13-7-3-4-8-14(13)21-12-15(19)17-11-16(20)18-9-5-2-6-10-18/h3-4,7-8H,2,5-6,9-12H2,1H3,(H,17,19). The summed E-state index contributed by atoms with van der Waals surface area (Å²) in [4.78, 5) is 25.4. The van der Waals surface area contributed by atoms with Crippen molar-refractivity contribution in [2.75, 3.05) is 26.2 Å². The van der Waals surface area contributed by atoms with Gasteiger partial charge in [0.25, 0.3) is 5.91 Å². The zero-order valence-corrected chi connectivity index (χ0v) is 12.4. The molecule has 1 fully saturated rings. The quantitative estimate of drug-likeness (QED) is 0.894. The lowest BCUT2D eigenvalue weighted by Crippen LogP contribution is -2.43. The highest BCUT2D eigenvalue weighted by Crippen LogP contribution is 2.15. The van der Waals surface area contributed by atoms with Gasteiger partial charge in [0.2, 0.25) is 5.91 Å². The molecule has 1 heterocycles. The Morgan fingerprint density at radius 2 is 1.90 bits per heavy atom. The van der Waals surface area contributed by atoms with E-state index in [1.165, 1.54) is 6.42 Å². The van der Waals surface area contributed by atoms with Crippen LogP contribution in [0.2, 0.25) is 0 Å². The molecule has 0 saturated carbocycles. The molecule has 2 rings (SSSR count). The van der Waals surface area contributed by atoms with Crippen molar-refractivity contribution < 1.29 is 14.3 Å². The fourth-order valence-electron chi connectivity index (χ4n) is 2.34. The van der Waals surface area contributed by atoms with Crippen LogP contribution in [-0.2, 0) is 9.59 Å². The second-order valence-corrected chi connectivity index (χ2v) is 5.27. The minimum atomic E-state index is -0.274. The predicted octanol–water partition coefficient (Wildman–Crippen LogP) is 1.50. The van der Waals surface area contributed by atoms with Crippen LogP contribution in [-0.4, -0.2) is 43.0 Å². The van der Waals surface area contributed by atoms with Crippen molar-refractivity contribution in [2.24, 2.45) is 0 Å². The number of carbonyl (C=O) groups is 2. The Bertz CT molecular complexity index is 496. The van der Waals surface area contributed by atoms with Crippen molar-refractivity contribution in [1.29, 1.82) is 0 Å². The van der Waals surface area contributed by atoms with E-state index in [9.17, 15) is 9.59 Å². The first-order chi connectivity index (χ1) is 10.2. The van der Waals surface area contributed by atoms with E-state index >= 15 is 0 Å². The molecular formula is C16H22N2O3. The van der Waals surface area contributed by atoms with Crippen molar-refractivity contribution in [3.05, 3.63) is 29.8 Å². The zero-order valence-electron chi connectivity index (χ0n) is 12.4. The number of nitrogens with zero attached hydrogens (tertiary/aromatic N) is 1. The molecule has 0 aliphatic carbocycles. The first-order valence-electron chi connectivity index (χ1n) is 7.40. The first kappa shape index (κ1) is 15.4. The number of hydrogen-bond donors (Lipinski definition) is 1. The number of aryl methyl sites for hydroxylation is 1. The number of hydrogen-bond acceptors (Lipinski definition) is 3. The van der Waals surface area contributed by atoms with Gasteiger partial charge in [-0.1, -0.05) is 18.2 Å². The molecule has 1 aromatic rings. The molecule has 1 saturated heterocycles. The summed E-state index contributed by atoms with van der Waals surface area (Å²) < 4.78 is 5.44. The number of benzene rings is 1. The largest absolute Gasteiger partial charge is 0.484 e. The lowest BCUT2D eigenvalue weighted by molar-refractivity contribution is -0.134. The molecule has 0 radical (unpaired) electrons. The molecule has 0 atom stereocenters. The topological polar surface area (TPSA) is 58.6 Å². The maximum atomic E-state index is 11.9. The molecule has 5 heteroatoms. The van der Waals surface area contributed by atoms with Crippen LogP contribution in [0, 0.1) is 6.92 Å². The number of nitrogens with one attached hydrogen (secondary N) is 1. The summed E-state index contributed by atoms with van der Waals surface area (Å²) in [5, 5.41) is 2.61. The van der Waals surface area contributed by atoms with Gasteiger partial charge in [0, 0.05) is 13.1 Å². The highest BCUT2D eigenvalue weighted by Gasteiger charge is 2.16. The number of likely N-dealkylation sites (tertiary alicyclic amines) is 1. The van der Waals surface area contributed by atoms with E-state index in [1.54, 1.807) is 0 Å². The maximum absolute atomic E-state index is 11.9. The molecule has 1 N–H and O–H groups in total. The van der Waals surface area contributed by atoms with Gasteiger partial charge in [-0.05, 0) is 37.8 Å². The summed E-state index contributed by atoms with van der Waals surface area (Å²) in [5.41, 5.74) is 0.981. The molecule has 0 unspecified atom stereocenters. The zero-order chi connectivity index (χ0) is 15.1. The summed E-state index contributed by atoms with van der Waals surface area (Å²) >= 11 is 0. The van der Waals surface area contributed by atoms with Crippen LogP contribution in [0.3, 0.4) is 0 Å². The summed E-state index contributed by atoms with van der Waals surface area (Å²) in [6, 6.07) is 7.52. The average molecular weight is 290 g/mol. The number of amides is 2. The Labute approximate surface area is 125 Å². The smallest absolute Gasteiger partial charge is 0.258 e. The van der Waals surface area contributed by atoms with E-state index in [-0.39, 0.29) is 25.0 Å². The first-order valence-corrected chi connectivity index (χ1v) is 7.40. The summed E-state index contributed by atoms with van der Waals surface area (Å²) in [7, 11) is 0. The van der Waals surface area contributed by atoms with Crippen LogP contribution >= 0.6 is 0 Å². The SMILES string of the molecule is Cc1ccccc1OCC(=O)NCC(=O)N1CCCCC1. The summed E-state index contributed by atoms with van der Waals surface area (Å²) in [6.45, 7) is 3.50. The number of piperidine rings is 1. The molecule has 0 bridgehead atoms. The second kappa shape index (κ2) is 7.67. The minimum absolute atomic E-state index is 0.0149. The molecule has 5 nitrogen and oxygen atoms in total. The summed E-state index contributed by atoms with van der Waals surface area (Å²) in [6.07, 6.45) is 3.28. The number of ether oxygens (including phenoxy) is 1. The Balaban J connectivity index is 1.70. The number of para-hydroxylation sites is 1. The number of rotatable bonds is 5. The molecule has 0 spiro atoms. The second-order valence-electron chi connectivity index (χ2n) is 5.27. The Morgan fingerprint density at radius 3 is 2.62 bits per heavy atom. The van der Waals surface area contributed by atoms with Crippen molar-refractivity contribution in [3.63, 3.8) is 0 Å². The molecule has 1 aliphatic heterocycles. The molecule has 114 valence electrons. The predicted molar refractivity (Wildman–Crippen MR) is 80.1 cm³/mol. The van der Waals surface area contributed by atoms with Crippen molar-refractivity contribution in [2.45, 2.75) is 26.2 Å². The van der Waals surface area contributed by atoms with Gasteiger partial charge in [-0.15, -0.1) is 0 Å². The molecule has 2 amide bonds. The Kier molecular flexibility index (Phi) is 5.60. The molecule has 1 aromatic carbocycles. The number of carbonyl (C=O) groups excluding carboxylic acids is 2. The van der Waals surface area contributed by atoms with Crippen LogP contribution in [0.25, 0.3) is 0 Å². The third-order valence-corrected chi connectivity index (χ3v) is 3.60. The minimum Gasteiger partial charge on any atom is -0.484 e. The van der Waals surface area contributed by atoms with Gasteiger partial charge in [0.15, 0.2) is 6.61 Å². The van der Waals surface area contributed by atoms with E-state index in [4.69, 9.17) is 4.74 Å². The van der Waals surface area contributed by atoms with Gasteiger partial charge in [0.1, 0.15) is 5.75 Å². The third kappa shape index (κ3) is 4.77.